The molecule has 0 bridgehead atoms. The molecule has 1 aliphatic rings. The van der Waals surface area contributed by atoms with Gasteiger partial charge in [-0.1, -0.05) is 6.07 Å². The summed E-state index contributed by atoms with van der Waals surface area (Å²) in [5.74, 6) is -0.947. The molecule has 2 heterocycles. The van der Waals surface area contributed by atoms with Crippen molar-refractivity contribution in [3.05, 3.63) is 47.5 Å². The smallest absolute Gasteiger partial charge is 0.272 e. The number of rotatable bonds is 4. The van der Waals surface area contributed by atoms with Crippen molar-refractivity contribution >= 4 is 21.6 Å². The van der Waals surface area contributed by atoms with E-state index in [2.05, 4.69) is 5.32 Å². The summed E-state index contributed by atoms with van der Waals surface area (Å²) in [4.78, 5) is 12.6. The van der Waals surface area contributed by atoms with Crippen LogP contribution in [-0.2, 0) is 17.1 Å². The molecule has 0 atom stereocenters. The van der Waals surface area contributed by atoms with E-state index < -0.39 is 21.7 Å². The van der Waals surface area contributed by atoms with E-state index in [4.69, 9.17) is 0 Å². The Bertz CT molecular complexity index is 915. The highest BCUT2D eigenvalue weighted by atomic mass is 32.2. The van der Waals surface area contributed by atoms with Crippen LogP contribution in [0.5, 0.6) is 0 Å². The molecule has 0 saturated carbocycles. The van der Waals surface area contributed by atoms with Gasteiger partial charge in [-0.25, -0.2) is 12.8 Å². The van der Waals surface area contributed by atoms with Crippen LogP contribution in [0.2, 0.25) is 0 Å². The van der Waals surface area contributed by atoms with Gasteiger partial charge in [-0.05, 0) is 44.0 Å². The normalized spacial score (nSPS) is 15.5. The van der Waals surface area contributed by atoms with Crippen LogP contribution in [0.25, 0.3) is 0 Å². The molecule has 6 nitrogen and oxygen atoms in total. The van der Waals surface area contributed by atoms with E-state index >= 15 is 0 Å². The lowest BCUT2D eigenvalue weighted by Crippen LogP contribution is -2.28. The number of carbonyl (C=O) groups excluding carboxylic acids is 1. The topological polar surface area (TPSA) is 71.4 Å². The first-order valence-electron chi connectivity index (χ1n) is 8.04. The minimum atomic E-state index is -3.61. The maximum Gasteiger partial charge on any atom is 0.272 e. The average molecular weight is 365 g/mol. The van der Waals surface area contributed by atoms with Crippen molar-refractivity contribution in [2.24, 2.45) is 7.05 Å². The second kappa shape index (κ2) is 6.61. The van der Waals surface area contributed by atoms with Crippen LogP contribution in [0.15, 0.2) is 35.2 Å². The number of hydrogen-bond acceptors (Lipinski definition) is 3. The number of amides is 1. The lowest BCUT2D eigenvalue weighted by Gasteiger charge is -2.15. The average Bonchev–Trinajstić information content (AvgIpc) is 3.18. The van der Waals surface area contributed by atoms with Gasteiger partial charge in [0.1, 0.15) is 16.4 Å². The molecule has 134 valence electrons. The SMILES string of the molecule is Cc1c(S(=O)(=O)N2CCCC2)cc(C(=O)Nc2cccc(F)c2)n1C. The Labute approximate surface area is 146 Å². The zero-order valence-electron chi connectivity index (χ0n) is 14.1. The summed E-state index contributed by atoms with van der Waals surface area (Å²) in [6.45, 7) is 2.67. The number of sulfonamides is 1. The number of carbonyl (C=O) groups is 1. The second-order valence-corrected chi connectivity index (χ2v) is 8.02. The number of hydrogen-bond donors (Lipinski definition) is 1. The molecule has 2 aromatic rings. The third kappa shape index (κ3) is 3.32. The number of halogens is 1. The summed E-state index contributed by atoms with van der Waals surface area (Å²) in [7, 11) is -1.97. The van der Waals surface area contributed by atoms with Gasteiger partial charge in [0.25, 0.3) is 5.91 Å². The molecule has 1 amide bonds. The van der Waals surface area contributed by atoms with Crippen molar-refractivity contribution in [2.45, 2.75) is 24.7 Å². The molecule has 0 spiro atoms. The Hall–Kier alpha value is -2.19. The largest absolute Gasteiger partial charge is 0.343 e. The first-order chi connectivity index (χ1) is 11.8. The minimum absolute atomic E-state index is 0.140. The Morgan fingerprint density at radius 1 is 1.20 bits per heavy atom. The maximum atomic E-state index is 13.3. The predicted octanol–water partition coefficient (Wildman–Crippen LogP) is 2.51. The van der Waals surface area contributed by atoms with Crippen molar-refractivity contribution in [1.29, 1.82) is 0 Å². The lowest BCUT2D eigenvalue weighted by molar-refractivity contribution is 0.101. The van der Waals surface area contributed by atoms with E-state index in [9.17, 15) is 17.6 Å². The number of aromatic nitrogens is 1. The fraction of sp³-hybridized carbons (Fsp3) is 0.353. The van der Waals surface area contributed by atoms with E-state index in [1.54, 1.807) is 20.0 Å². The highest BCUT2D eigenvalue weighted by Crippen LogP contribution is 2.26. The number of anilines is 1. The third-order valence-electron chi connectivity index (χ3n) is 4.49. The summed E-state index contributed by atoms with van der Waals surface area (Å²) >= 11 is 0. The van der Waals surface area contributed by atoms with Crippen LogP contribution in [0.4, 0.5) is 10.1 Å². The first-order valence-corrected chi connectivity index (χ1v) is 9.48. The molecule has 0 radical (unpaired) electrons. The van der Waals surface area contributed by atoms with Crippen molar-refractivity contribution in [2.75, 3.05) is 18.4 Å². The Kier molecular flexibility index (Phi) is 4.66. The fourth-order valence-electron chi connectivity index (χ4n) is 2.98. The van der Waals surface area contributed by atoms with Gasteiger partial charge >= 0.3 is 0 Å². The van der Waals surface area contributed by atoms with Gasteiger partial charge < -0.3 is 9.88 Å². The second-order valence-electron chi connectivity index (χ2n) is 6.11. The van der Waals surface area contributed by atoms with E-state index in [0.29, 0.717) is 24.5 Å². The maximum absolute atomic E-state index is 13.3. The van der Waals surface area contributed by atoms with Crippen molar-refractivity contribution < 1.29 is 17.6 Å². The molecule has 1 aliphatic heterocycles. The zero-order chi connectivity index (χ0) is 18.2. The predicted molar refractivity (Wildman–Crippen MR) is 92.5 cm³/mol. The minimum Gasteiger partial charge on any atom is -0.343 e. The van der Waals surface area contributed by atoms with Crippen LogP contribution in [0, 0.1) is 12.7 Å². The van der Waals surface area contributed by atoms with Crippen LogP contribution in [0.1, 0.15) is 29.0 Å². The molecule has 1 fully saturated rings. The molecule has 8 heteroatoms. The van der Waals surface area contributed by atoms with Gasteiger partial charge in [0.2, 0.25) is 10.0 Å². The monoisotopic (exact) mass is 365 g/mol. The van der Waals surface area contributed by atoms with Crippen LogP contribution >= 0.6 is 0 Å². The van der Waals surface area contributed by atoms with Crippen molar-refractivity contribution in [3.63, 3.8) is 0 Å². The Balaban J connectivity index is 1.92. The van der Waals surface area contributed by atoms with Gasteiger partial charge in [-0.2, -0.15) is 4.31 Å². The summed E-state index contributed by atoms with van der Waals surface area (Å²) in [6.07, 6.45) is 1.69. The Morgan fingerprint density at radius 2 is 1.88 bits per heavy atom. The highest BCUT2D eigenvalue weighted by molar-refractivity contribution is 7.89. The summed E-state index contributed by atoms with van der Waals surface area (Å²) < 4.78 is 41.8. The fourth-order valence-corrected chi connectivity index (χ4v) is 4.77. The summed E-state index contributed by atoms with van der Waals surface area (Å²) in [5, 5.41) is 2.59. The third-order valence-corrected chi connectivity index (χ3v) is 6.50. The van der Waals surface area contributed by atoms with Crippen LogP contribution < -0.4 is 5.32 Å². The van der Waals surface area contributed by atoms with Crippen LogP contribution in [0.3, 0.4) is 0 Å². The number of benzene rings is 1. The van der Waals surface area contributed by atoms with Gasteiger partial charge in [-0.15, -0.1) is 0 Å². The molecule has 0 aliphatic carbocycles. The standard InChI is InChI=1S/C17H20FN3O3S/c1-12-16(25(23,24)21-8-3-4-9-21)11-15(20(12)2)17(22)19-14-7-5-6-13(18)10-14/h5-7,10-11H,3-4,8-9H2,1-2H3,(H,19,22). The van der Waals surface area contributed by atoms with Gasteiger partial charge in [0.05, 0.1) is 0 Å². The van der Waals surface area contributed by atoms with Gasteiger partial charge in [0.15, 0.2) is 0 Å². The highest BCUT2D eigenvalue weighted by Gasteiger charge is 2.31. The van der Waals surface area contributed by atoms with Gasteiger partial charge in [0, 0.05) is 31.5 Å². The molecule has 1 aromatic heterocycles. The molecule has 0 unspecified atom stereocenters. The van der Waals surface area contributed by atoms with E-state index in [1.807, 2.05) is 0 Å². The van der Waals surface area contributed by atoms with Gasteiger partial charge in [-0.3, -0.25) is 4.79 Å². The summed E-state index contributed by atoms with van der Waals surface area (Å²) in [6, 6.07) is 6.93. The van der Waals surface area contributed by atoms with Crippen LogP contribution in [-0.4, -0.2) is 36.3 Å². The first kappa shape index (κ1) is 17.6. The van der Waals surface area contributed by atoms with E-state index in [0.717, 1.165) is 12.8 Å². The molecular formula is C17H20FN3O3S. The molecule has 25 heavy (non-hydrogen) atoms. The quantitative estimate of drug-likeness (QED) is 0.905. The lowest BCUT2D eigenvalue weighted by atomic mass is 10.3. The molecular weight excluding hydrogens is 345 g/mol. The molecule has 3 rings (SSSR count). The van der Waals surface area contributed by atoms with E-state index in [1.165, 1.54) is 33.1 Å². The molecule has 1 aromatic carbocycles. The van der Waals surface area contributed by atoms with Crippen molar-refractivity contribution in [1.82, 2.24) is 8.87 Å². The molecule has 1 saturated heterocycles. The Morgan fingerprint density at radius 3 is 2.52 bits per heavy atom. The van der Waals surface area contributed by atoms with E-state index in [-0.39, 0.29) is 10.6 Å². The zero-order valence-corrected chi connectivity index (χ0v) is 14.9. The summed E-state index contributed by atoms with van der Waals surface area (Å²) in [5.41, 5.74) is 1.02. The number of nitrogens with zero attached hydrogens (tertiary/aromatic N) is 2. The van der Waals surface area contributed by atoms with Crippen molar-refractivity contribution in [3.8, 4) is 0 Å². The number of nitrogens with one attached hydrogen (secondary N) is 1. The molecule has 1 N–H and O–H groups in total.